The van der Waals surface area contributed by atoms with Gasteiger partial charge >= 0.3 is 5.69 Å². The SMILES string of the molecule is Nc1ccn(-c2ccc(CCN3CCC4CC4(N)C3)cc2)c(=O)n1. The van der Waals surface area contributed by atoms with E-state index in [1.54, 1.807) is 12.3 Å². The first-order valence-electron chi connectivity index (χ1n) is 8.49. The van der Waals surface area contributed by atoms with E-state index < -0.39 is 0 Å². The summed E-state index contributed by atoms with van der Waals surface area (Å²) in [5, 5.41) is 0. The van der Waals surface area contributed by atoms with Crippen molar-refractivity contribution in [3.63, 3.8) is 0 Å². The Labute approximate surface area is 141 Å². The fraction of sp³-hybridized carbons (Fsp3) is 0.444. The smallest absolute Gasteiger partial charge is 0.354 e. The molecule has 1 aliphatic heterocycles. The quantitative estimate of drug-likeness (QED) is 0.867. The lowest BCUT2D eigenvalue weighted by molar-refractivity contribution is 0.205. The molecule has 2 aliphatic rings. The van der Waals surface area contributed by atoms with Gasteiger partial charge in [-0.3, -0.25) is 4.57 Å². The van der Waals surface area contributed by atoms with Crippen LogP contribution < -0.4 is 17.2 Å². The van der Waals surface area contributed by atoms with E-state index in [1.165, 1.54) is 23.0 Å². The van der Waals surface area contributed by atoms with Crippen LogP contribution in [0.5, 0.6) is 0 Å². The van der Waals surface area contributed by atoms with E-state index >= 15 is 0 Å². The molecule has 2 fully saturated rings. The number of anilines is 1. The number of nitrogens with zero attached hydrogens (tertiary/aromatic N) is 3. The molecular weight excluding hydrogens is 302 g/mol. The minimum absolute atomic E-state index is 0.103. The highest BCUT2D eigenvalue weighted by atomic mass is 16.1. The molecule has 1 aromatic heterocycles. The molecule has 0 amide bonds. The number of aromatic nitrogens is 2. The summed E-state index contributed by atoms with van der Waals surface area (Å²) in [4.78, 5) is 18.1. The predicted octanol–water partition coefficient (Wildman–Crippen LogP) is 0.780. The number of benzene rings is 1. The number of nitrogens with two attached hydrogens (primary N) is 2. The van der Waals surface area contributed by atoms with Crippen molar-refractivity contribution in [2.24, 2.45) is 11.7 Å². The Morgan fingerprint density at radius 1 is 1.25 bits per heavy atom. The average Bonchev–Trinajstić information content (AvgIpc) is 3.24. The first kappa shape index (κ1) is 15.4. The number of hydrogen-bond donors (Lipinski definition) is 2. The maximum Gasteiger partial charge on any atom is 0.354 e. The predicted molar refractivity (Wildman–Crippen MR) is 94.0 cm³/mol. The fourth-order valence-electron chi connectivity index (χ4n) is 3.73. The lowest BCUT2D eigenvalue weighted by atomic mass is 10.1. The number of likely N-dealkylation sites (tertiary alicyclic amines) is 1. The third kappa shape index (κ3) is 2.95. The highest BCUT2D eigenvalue weighted by Gasteiger charge is 2.53. The Morgan fingerprint density at radius 2 is 2.04 bits per heavy atom. The van der Waals surface area contributed by atoms with Crippen molar-refractivity contribution in [2.45, 2.75) is 24.8 Å². The second-order valence-corrected chi connectivity index (χ2v) is 7.12. The van der Waals surface area contributed by atoms with Crippen molar-refractivity contribution in [1.82, 2.24) is 14.5 Å². The molecule has 126 valence electrons. The van der Waals surface area contributed by atoms with E-state index in [4.69, 9.17) is 11.5 Å². The van der Waals surface area contributed by atoms with Crippen molar-refractivity contribution >= 4 is 5.82 Å². The Bertz CT molecular complexity index is 800. The van der Waals surface area contributed by atoms with Crippen molar-refractivity contribution in [2.75, 3.05) is 25.4 Å². The zero-order valence-electron chi connectivity index (χ0n) is 13.7. The Morgan fingerprint density at radius 3 is 2.75 bits per heavy atom. The number of hydrogen-bond acceptors (Lipinski definition) is 5. The lowest BCUT2D eigenvalue weighted by Crippen LogP contribution is -2.46. The molecule has 2 aromatic rings. The first-order valence-corrected chi connectivity index (χ1v) is 8.49. The van der Waals surface area contributed by atoms with Crippen molar-refractivity contribution in [3.8, 4) is 5.69 Å². The summed E-state index contributed by atoms with van der Waals surface area (Å²) < 4.78 is 1.50. The molecule has 0 bridgehead atoms. The molecule has 1 saturated carbocycles. The molecule has 1 saturated heterocycles. The van der Waals surface area contributed by atoms with Crippen LogP contribution in [0.3, 0.4) is 0 Å². The Hall–Kier alpha value is -2.18. The highest BCUT2D eigenvalue weighted by molar-refractivity contribution is 5.36. The van der Waals surface area contributed by atoms with Crippen LogP contribution in [-0.4, -0.2) is 39.6 Å². The topological polar surface area (TPSA) is 90.2 Å². The molecule has 24 heavy (non-hydrogen) atoms. The summed E-state index contributed by atoms with van der Waals surface area (Å²) in [5.41, 5.74) is 13.7. The second-order valence-electron chi connectivity index (χ2n) is 7.12. The zero-order chi connectivity index (χ0) is 16.7. The minimum Gasteiger partial charge on any atom is -0.383 e. The molecule has 0 spiro atoms. The van der Waals surface area contributed by atoms with Crippen LogP contribution in [-0.2, 0) is 6.42 Å². The maximum atomic E-state index is 11.9. The van der Waals surface area contributed by atoms with Gasteiger partial charge in [-0.25, -0.2) is 4.79 Å². The van der Waals surface area contributed by atoms with Crippen LogP contribution in [0.1, 0.15) is 18.4 Å². The van der Waals surface area contributed by atoms with Crippen LogP contribution in [0, 0.1) is 5.92 Å². The molecule has 2 unspecified atom stereocenters. The summed E-state index contributed by atoms with van der Waals surface area (Å²) in [6, 6.07) is 9.66. The monoisotopic (exact) mass is 325 g/mol. The van der Waals surface area contributed by atoms with Gasteiger partial charge in [0.05, 0.1) is 5.69 Å². The molecule has 2 heterocycles. The number of rotatable bonds is 4. The Balaban J connectivity index is 1.40. The molecule has 6 heteroatoms. The van der Waals surface area contributed by atoms with Gasteiger partial charge in [-0.2, -0.15) is 4.98 Å². The maximum absolute atomic E-state index is 11.9. The van der Waals surface area contributed by atoms with Crippen molar-refractivity contribution < 1.29 is 0 Å². The van der Waals surface area contributed by atoms with Crippen LogP contribution >= 0.6 is 0 Å². The molecule has 6 nitrogen and oxygen atoms in total. The van der Waals surface area contributed by atoms with Crippen LogP contribution in [0.15, 0.2) is 41.3 Å². The molecule has 1 aromatic carbocycles. The van der Waals surface area contributed by atoms with Gasteiger partial charge in [0.2, 0.25) is 0 Å². The van der Waals surface area contributed by atoms with Gasteiger partial charge in [-0.05, 0) is 55.5 Å². The third-order valence-corrected chi connectivity index (χ3v) is 5.35. The van der Waals surface area contributed by atoms with Crippen molar-refractivity contribution in [1.29, 1.82) is 0 Å². The molecule has 1 aliphatic carbocycles. The summed E-state index contributed by atoms with van der Waals surface area (Å²) in [5.74, 6) is 1.00. The van der Waals surface area contributed by atoms with Gasteiger partial charge in [-0.15, -0.1) is 0 Å². The number of fused-ring (bicyclic) bond motifs is 1. The molecule has 4 N–H and O–H groups in total. The van der Waals surface area contributed by atoms with Gasteiger partial charge in [0.1, 0.15) is 5.82 Å². The number of nitrogen functional groups attached to an aromatic ring is 1. The van der Waals surface area contributed by atoms with E-state index in [-0.39, 0.29) is 17.0 Å². The van der Waals surface area contributed by atoms with Crippen molar-refractivity contribution in [3.05, 3.63) is 52.6 Å². The van der Waals surface area contributed by atoms with Gasteiger partial charge in [0.15, 0.2) is 0 Å². The standard InChI is InChI=1S/C18H23N5O/c19-16-7-10-23(17(24)21-16)15-3-1-13(2-4-15)5-8-22-9-6-14-11-18(14,20)12-22/h1-4,7,10,14H,5-6,8-9,11-12,20H2,(H2,19,21,24). The second kappa shape index (κ2) is 5.72. The van der Waals surface area contributed by atoms with Gasteiger partial charge < -0.3 is 16.4 Å². The summed E-state index contributed by atoms with van der Waals surface area (Å²) in [6.07, 6.45) is 5.08. The van der Waals surface area contributed by atoms with Crippen LogP contribution in [0.2, 0.25) is 0 Å². The number of piperidine rings is 1. The van der Waals surface area contributed by atoms with Crippen LogP contribution in [0.25, 0.3) is 5.69 Å². The van der Waals surface area contributed by atoms with E-state index in [9.17, 15) is 4.79 Å². The third-order valence-electron chi connectivity index (χ3n) is 5.35. The average molecular weight is 325 g/mol. The summed E-state index contributed by atoms with van der Waals surface area (Å²) >= 11 is 0. The van der Waals surface area contributed by atoms with Crippen LogP contribution in [0.4, 0.5) is 5.82 Å². The fourth-order valence-corrected chi connectivity index (χ4v) is 3.73. The molecule has 4 rings (SSSR count). The molecule has 0 radical (unpaired) electrons. The normalized spacial score (nSPS) is 26.1. The molecular formula is C18H23N5O. The summed E-state index contributed by atoms with van der Waals surface area (Å²) in [7, 11) is 0. The highest BCUT2D eigenvalue weighted by Crippen LogP contribution is 2.46. The Kier molecular flexibility index (Phi) is 3.66. The summed E-state index contributed by atoms with van der Waals surface area (Å²) in [6.45, 7) is 3.23. The van der Waals surface area contributed by atoms with Gasteiger partial charge in [-0.1, -0.05) is 12.1 Å². The first-order chi connectivity index (χ1) is 11.5. The van der Waals surface area contributed by atoms with Gasteiger partial charge in [0.25, 0.3) is 0 Å². The van der Waals surface area contributed by atoms with E-state index in [1.807, 2.05) is 12.1 Å². The van der Waals surface area contributed by atoms with E-state index in [2.05, 4.69) is 22.0 Å². The zero-order valence-corrected chi connectivity index (χ0v) is 13.7. The van der Waals surface area contributed by atoms with E-state index in [0.717, 1.165) is 37.7 Å². The minimum atomic E-state index is -0.358. The lowest BCUT2D eigenvalue weighted by Gasteiger charge is -2.30. The van der Waals surface area contributed by atoms with E-state index in [0.29, 0.717) is 0 Å². The van der Waals surface area contributed by atoms with Gasteiger partial charge in [0, 0.05) is 24.8 Å². The molecule has 2 atom stereocenters. The largest absolute Gasteiger partial charge is 0.383 e.